The molecule has 1 N–H and O–H groups in total. The van der Waals surface area contributed by atoms with E-state index in [2.05, 4.69) is 64.2 Å². The molecule has 1 aromatic carbocycles. The van der Waals surface area contributed by atoms with Crippen LogP contribution in [0.5, 0.6) is 0 Å². The summed E-state index contributed by atoms with van der Waals surface area (Å²) >= 11 is 5.62. The highest BCUT2D eigenvalue weighted by atomic mass is 32.1. The van der Waals surface area contributed by atoms with Crippen LogP contribution in [0.4, 0.5) is 0 Å². The van der Waals surface area contributed by atoms with Crippen LogP contribution < -0.4 is 5.32 Å². The lowest BCUT2D eigenvalue weighted by Crippen LogP contribution is -2.43. The quantitative estimate of drug-likeness (QED) is 0.765. The lowest BCUT2D eigenvalue weighted by molar-refractivity contribution is 0.225. The van der Waals surface area contributed by atoms with E-state index >= 15 is 0 Å². The zero-order chi connectivity index (χ0) is 15.6. The Morgan fingerprint density at radius 2 is 1.71 bits per heavy atom. The molecule has 116 valence electrons. The number of thiocarbonyl (C=S) groups is 1. The molecule has 2 heteroatoms. The molecular weight excluding hydrogens is 274 g/mol. The SMILES string of the molecule is C[C@H]1[C@H](C)CCC[C@H]1NC(=S)c1ccc(C(C)(C)C)cc1. The first kappa shape index (κ1) is 16.5. The third-order valence-electron chi connectivity index (χ3n) is 5.04. The van der Waals surface area contributed by atoms with Crippen molar-refractivity contribution in [2.75, 3.05) is 0 Å². The number of benzene rings is 1. The average molecular weight is 304 g/mol. The van der Waals surface area contributed by atoms with Crippen molar-refractivity contribution >= 4 is 17.2 Å². The minimum atomic E-state index is 0.195. The van der Waals surface area contributed by atoms with Gasteiger partial charge in [0.1, 0.15) is 4.99 Å². The van der Waals surface area contributed by atoms with Gasteiger partial charge in [-0.2, -0.15) is 0 Å². The standard InChI is InChI=1S/C19H29NS/c1-13-7-6-8-17(14(13)2)20-18(21)15-9-11-16(12-10-15)19(3,4)5/h9-14,17H,6-8H2,1-5H3,(H,20,21)/t13-,14+,17-/m1/s1. The molecule has 0 aromatic heterocycles. The van der Waals surface area contributed by atoms with Crippen LogP contribution >= 0.6 is 12.2 Å². The molecule has 3 atom stereocenters. The summed E-state index contributed by atoms with van der Waals surface area (Å²) in [4.78, 5) is 0.904. The number of hydrogen-bond donors (Lipinski definition) is 1. The van der Waals surface area contributed by atoms with Crippen LogP contribution in [0, 0.1) is 11.8 Å². The fourth-order valence-electron chi connectivity index (χ4n) is 3.16. The molecule has 0 heterocycles. The maximum absolute atomic E-state index is 5.62. The highest BCUT2D eigenvalue weighted by Gasteiger charge is 2.27. The summed E-state index contributed by atoms with van der Waals surface area (Å²) in [5.41, 5.74) is 2.69. The highest BCUT2D eigenvalue weighted by molar-refractivity contribution is 7.80. The third-order valence-corrected chi connectivity index (χ3v) is 5.39. The Bertz CT molecular complexity index is 483. The van der Waals surface area contributed by atoms with Gasteiger partial charge in [0, 0.05) is 11.6 Å². The van der Waals surface area contributed by atoms with E-state index in [4.69, 9.17) is 12.2 Å². The molecule has 0 unspecified atom stereocenters. The molecule has 21 heavy (non-hydrogen) atoms. The van der Waals surface area contributed by atoms with Gasteiger partial charge in [-0.15, -0.1) is 0 Å². The number of hydrogen-bond acceptors (Lipinski definition) is 1. The molecule has 1 fully saturated rings. The zero-order valence-corrected chi connectivity index (χ0v) is 14.9. The van der Waals surface area contributed by atoms with E-state index in [1.807, 2.05) is 0 Å². The largest absolute Gasteiger partial charge is 0.373 e. The van der Waals surface area contributed by atoms with Crippen molar-refractivity contribution in [3.8, 4) is 0 Å². The molecule has 1 aromatic rings. The Labute approximate surface area is 135 Å². The van der Waals surface area contributed by atoms with Crippen LogP contribution in [0.2, 0.25) is 0 Å². The normalized spacial score (nSPS) is 26.4. The van der Waals surface area contributed by atoms with Crippen molar-refractivity contribution in [2.24, 2.45) is 11.8 Å². The molecule has 1 aliphatic rings. The Morgan fingerprint density at radius 3 is 2.29 bits per heavy atom. The van der Waals surface area contributed by atoms with Crippen LogP contribution in [0.15, 0.2) is 24.3 Å². The van der Waals surface area contributed by atoms with Crippen LogP contribution in [-0.4, -0.2) is 11.0 Å². The van der Waals surface area contributed by atoms with Gasteiger partial charge in [0.2, 0.25) is 0 Å². The Kier molecular flexibility index (Phi) is 5.08. The first-order valence-corrected chi connectivity index (χ1v) is 8.61. The molecule has 0 saturated heterocycles. The molecule has 1 nitrogen and oxygen atoms in total. The zero-order valence-electron chi connectivity index (χ0n) is 14.1. The van der Waals surface area contributed by atoms with E-state index in [9.17, 15) is 0 Å². The van der Waals surface area contributed by atoms with Gasteiger partial charge < -0.3 is 5.32 Å². The molecule has 0 radical (unpaired) electrons. The summed E-state index contributed by atoms with van der Waals surface area (Å²) in [5, 5.41) is 3.60. The van der Waals surface area contributed by atoms with Crippen molar-refractivity contribution in [1.29, 1.82) is 0 Å². The van der Waals surface area contributed by atoms with Crippen LogP contribution in [0.1, 0.15) is 65.0 Å². The molecular formula is C19H29NS. The van der Waals surface area contributed by atoms with E-state index in [1.165, 1.54) is 24.8 Å². The first-order valence-electron chi connectivity index (χ1n) is 8.20. The van der Waals surface area contributed by atoms with Gasteiger partial charge in [-0.25, -0.2) is 0 Å². The van der Waals surface area contributed by atoms with Gasteiger partial charge in [-0.05, 0) is 29.2 Å². The lowest BCUT2D eigenvalue weighted by Gasteiger charge is -2.35. The van der Waals surface area contributed by atoms with Gasteiger partial charge in [-0.1, -0.05) is 83.9 Å². The summed E-state index contributed by atoms with van der Waals surface area (Å²) in [5.74, 6) is 1.49. The summed E-state index contributed by atoms with van der Waals surface area (Å²) in [6.45, 7) is 11.4. The van der Waals surface area contributed by atoms with Crippen molar-refractivity contribution in [1.82, 2.24) is 5.32 Å². The lowest BCUT2D eigenvalue weighted by atomic mass is 9.78. The minimum Gasteiger partial charge on any atom is -0.373 e. The smallest absolute Gasteiger partial charge is 0.106 e. The maximum atomic E-state index is 5.62. The predicted molar refractivity (Wildman–Crippen MR) is 95.9 cm³/mol. The van der Waals surface area contributed by atoms with Crippen LogP contribution in [0.25, 0.3) is 0 Å². The molecule has 0 amide bonds. The van der Waals surface area contributed by atoms with Gasteiger partial charge in [0.15, 0.2) is 0 Å². The fourth-order valence-corrected chi connectivity index (χ4v) is 3.45. The second-order valence-corrected chi connectivity index (χ2v) is 8.08. The summed E-state index contributed by atoms with van der Waals surface area (Å²) in [6, 6.07) is 9.26. The molecule has 0 spiro atoms. The van der Waals surface area contributed by atoms with Gasteiger partial charge in [-0.3, -0.25) is 0 Å². The number of nitrogens with one attached hydrogen (secondary N) is 1. The van der Waals surface area contributed by atoms with E-state index < -0.39 is 0 Å². The summed E-state index contributed by atoms with van der Waals surface area (Å²) in [7, 11) is 0. The second-order valence-electron chi connectivity index (χ2n) is 7.67. The second kappa shape index (κ2) is 6.48. The summed E-state index contributed by atoms with van der Waals surface area (Å²) < 4.78 is 0. The topological polar surface area (TPSA) is 12.0 Å². The Balaban J connectivity index is 2.03. The predicted octanol–water partition coefficient (Wildman–Crippen LogP) is 5.07. The van der Waals surface area contributed by atoms with Crippen molar-refractivity contribution in [3.63, 3.8) is 0 Å². The van der Waals surface area contributed by atoms with Gasteiger partial charge in [0.25, 0.3) is 0 Å². The molecule has 1 aliphatic carbocycles. The fraction of sp³-hybridized carbons (Fsp3) is 0.632. The minimum absolute atomic E-state index is 0.195. The molecule has 1 saturated carbocycles. The Morgan fingerprint density at radius 1 is 1.10 bits per heavy atom. The summed E-state index contributed by atoms with van der Waals surface area (Å²) in [6.07, 6.45) is 3.91. The van der Waals surface area contributed by atoms with Crippen molar-refractivity contribution in [2.45, 2.75) is 65.3 Å². The third kappa shape index (κ3) is 4.06. The number of rotatable bonds is 2. The van der Waals surface area contributed by atoms with Gasteiger partial charge in [0.05, 0.1) is 0 Å². The van der Waals surface area contributed by atoms with Crippen LogP contribution in [-0.2, 0) is 5.41 Å². The van der Waals surface area contributed by atoms with E-state index in [-0.39, 0.29) is 5.41 Å². The van der Waals surface area contributed by atoms with E-state index in [1.54, 1.807) is 0 Å². The average Bonchev–Trinajstić information content (AvgIpc) is 2.43. The molecule has 0 aliphatic heterocycles. The van der Waals surface area contributed by atoms with Gasteiger partial charge >= 0.3 is 0 Å². The maximum Gasteiger partial charge on any atom is 0.106 e. The Hall–Kier alpha value is -0.890. The monoisotopic (exact) mass is 303 g/mol. The first-order chi connectivity index (χ1) is 9.79. The molecule has 0 bridgehead atoms. The van der Waals surface area contributed by atoms with Crippen molar-refractivity contribution in [3.05, 3.63) is 35.4 Å². The molecule has 2 rings (SSSR count). The highest BCUT2D eigenvalue weighted by Crippen LogP contribution is 2.30. The van der Waals surface area contributed by atoms with E-state index in [0.717, 1.165) is 16.5 Å². The van der Waals surface area contributed by atoms with Crippen molar-refractivity contribution < 1.29 is 0 Å². The van der Waals surface area contributed by atoms with Crippen LogP contribution in [0.3, 0.4) is 0 Å². The van der Waals surface area contributed by atoms with E-state index in [0.29, 0.717) is 12.0 Å².